The van der Waals surface area contributed by atoms with Crippen LogP contribution in [0.3, 0.4) is 0 Å². The monoisotopic (exact) mass is 264 g/mol. The molecule has 0 atom stereocenters. The van der Waals surface area contributed by atoms with Crippen molar-refractivity contribution in [3.05, 3.63) is 17.0 Å². The first-order valence-electron chi connectivity index (χ1n) is 7.10. The molecule has 1 saturated heterocycles. The van der Waals surface area contributed by atoms with E-state index in [1.54, 1.807) is 0 Å². The molecule has 2 heterocycles. The lowest BCUT2D eigenvalue weighted by atomic mass is 10.1. The second-order valence-electron chi connectivity index (χ2n) is 4.95. The van der Waals surface area contributed by atoms with Crippen molar-refractivity contribution in [1.29, 1.82) is 0 Å². The number of rotatable bonds is 5. The fourth-order valence-electron chi connectivity index (χ4n) is 2.27. The number of aryl methyl sites for hydroxylation is 2. The Morgan fingerprint density at radius 2 is 1.79 bits per heavy atom. The minimum atomic E-state index is 0.765. The summed E-state index contributed by atoms with van der Waals surface area (Å²) in [5, 5.41) is 3.42. The highest BCUT2D eigenvalue weighted by molar-refractivity contribution is 5.36. The van der Waals surface area contributed by atoms with Crippen LogP contribution in [-0.4, -0.2) is 42.8 Å². The minimum absolute atomic E-state index is 0.765. The van der Waals surface area contributed by atoms with Crippen LogP contribution in [0.2, 0.25) is 0 Å². The van der Waals surface area contributed by atoms with Crippen molar-refractivity contribution >= 4 is 5.95 Å². The SMILES string of the molecule is CCCNCc1c(C)nc(N2CCOCC2)nc1C. The van der Waals surface area contributed by atoms with Crippen LogP contribution < -0.4 is 10.2 Å². The van der Waals surface area contributed by atoms with E-state index in [1.807, 2.05) is 0 Å². The van der Waals surface area contributed by atoms with Crippen molar-refractivity contribution in [2.75, 3.05) is 37.7 Å². The minimum Gasteiger partial charge on any atom is -0.378 e. The van der Waals surface area contributed by atoms with Gasteiger partial charge in [0.25, 0.3) is 0 Å². The van der Waals surface area contributed by atoms with Crippen LogP contribution in [0, 0.1) is 13.8 Å². The zero-order valence-electron chi connectivity index (χ0n) is 12.2. The Morgan fingerprint density at radius 1 is 1.16 bits per heavy atom. The first-order chi connectivity index (χ1) is 9.22. The summed E-state index contributed by atoms with van der Waals surface area (Å²) in [6, 6.07) is 0. The molecule has 0 aromatic carbocycles. The highest BCUT2D eigenvalue weighted by Crippen LogP contribution is 2.16. The van der Waals surface area contributed by atoms with Gasteiger partial charge in [0.05, 0.1) is 13.2 Å². The summed E-state index contributed by atoms with van der Waals surface area (Å²) < 4.78 is 5.36. The van der Waals surface area contributed by atoms with Crippen LogP contribution in [-0.2, 0) is 11.3 Å². The van der Waals surface area contributed by atoms with Gasteiger partial charge in [-0.3, -0.25) is 0 Å². The molecule has 0 aliphatic carbocycles. The molecule has 0 amide bonds. The lowest BCUT2D eigenvalue weighted by molar-refractivity contribution is 0.122. The van der Waals surface area contributed by atoms with Crippen LogP contribution in [0.5, 0.6) is 0 Å². The van der Waals surface area contributed by atoms with Gasteiger partial charge in [-0.1, -0.05) is 6.92 Å². The third-order valence-electron chi connectivity index (χ3n) is 3.43. The van der Waals surface area contributed by atoms with Crippen molar-refractivity contribution in [2.24, 2.45) is 0 Å². The maximum absolute atomic E-state index is 5.36. The molecule has 1 aromatic heterocycles. The average molecular weight is 264 g/mol. The van der Waals surface area contributed by atoms with Gasteiger partial charge in [0.1, 0.15) is 0 Å². The smallest absolute Gasteiger partial charge is 0.225 e. The lowest BCUT2D eigenvalue weighted by Gasteiger charge is -2.27. The molecule has 0 bridgehead atoms. The van der Waals surface area contributed by atoms with Crippen LogP contribution >= 0.6 is 0 Å². The Hall–Kier alpha value is -1.20. The van der Waals surface area contributed by atoms with E-state index in [-0.39, 0.29) is 0 Å². The lowest BCUT2D eigenvalue weighted by Crippen LogP contribution is -2.37. The number of morpholine rings is 1. The largest absolute Gasteiger partial charge is 0.378 e. The molecule has 2 rings (SSSR count). The highest BCUT2D eigenvalue weighted by atomic mass is 16.5. The van der Waals surface area contributed by atoms with E-state index in [4.69, 9.17) is 4.74 Å². The zero-order valence-corrected chi connectivity index (χ0v) is 12.2. The van der Waals surface area contributed by atoms with Crippen LogP contribution in [0.25, 0.3) is 0 Å². The third-order valence-corrected chi connectivity index (χ3v) is 3.43. The van der Waals surface area contributed by atoms with Gasteiger partial charge in [-0.25, -0.2) is 9.97 Å². The fraction of sp³-hybridized carbons (Fsp3) is 0.714. The molecule has 5 heteroatoms. The molecular formula is C14H24N4O. The number of anilines is 1. The molecule has 0 unspecified atom stereocenters. The molecule has 0 saturated carbocycles. The molecule has 1 aromatic rings. The molecule has 19 heavy (non-hydrogen) atoms. The molecule has 0 radical (unpaired) electrons. The van der Waals surface area contributed by atoms with Gasteiger partial charge in [-0.15, -0.1) is 0 Å². The van der Waals surface area contributed by atoms with Gasteiger partial charge in [0.2, 0.25) is 5.95 Å². The first-order valence-corrected chi connectivity index (χ1v) is 7.10. The average Bonchev–Trinajstić information content (AvgIpc) is 2.43. The van der Waals surface area contributed by atoms with Crippen LogP contribution in [0.4, 0.5) is 5.95 Å². The van der Waals surface area contributed by atoms with Crippen molar-refractivity contribution < 1.29 is 4.74 Å². The van der Waals surface area contributed by atoms with E-state index in [1.165, 1.54) is 5.56 Å². The fourth-order valence-corrected chi connectivity index (χ4v) is 2.27. The number of nitrogens with zero attached hydrogens (tertiary/aromatic N) is 3. The van der Waals surface area contributed by atoms with Crippen LogP contribution in [0.1, 0.15) is 30.3 Å². The summed E-state index contributed by atoms with van der Waals surface area (Å²) in [5.74, 6) is 0.845. The van der Waals surface area contributed by atoms with Crippen molar-refractivity contribution in [3.63, 3.8) is 0 Å². The molecule has 0 spiro atoms. The second kappa shape index (κ2) is 6.82. The van der Waals surface area contributed by atoms with E-state index in [2.05, 4.69) is 41.0 Å². The van der Waals surface area contributed by atoms with Gasteiger partial charge in [0, 0.05) is 36.6 Å². The molecule has 1 aliphatic heterocycles. The number of ether oxygens (including phenoxy) is 1. The summed E-state index contributed by atoms with van der Waals surface area (Å²) in [6.45, 7) is 11.5. The van der Waals surface area contributed by atoms with E-state index in [9.17, 15) is 0 Å². The number of hydrogen-bond acceptors (Lipinski definition) is 5. The summed E-state index contributed by atoms with van der Waals surface area (Å²) in [7, 11) is 0. The topological polar surface area (TPSA) is 50.3 Å². The summed E-state index contributed by atoms with van der Waals surface area (Å²) in [4.78, 5) is 11.5. The van der Waals surface area contributed by atoms with Gasteiger partial charge in [-0.05, 0) is 26.8 Å². The Bertz CT molecular complexity index is 393. The first kappa shape index (κ1) is 14.2. The Kier molecular flexibility index (Phi) is 5.10. The Morgan fingerprint density at radius 3 is 2.37 bits per heavy atom. The Balaban J connectivity index is 2.11. The molecule has 1 aliphatic rings. The molecule has 1 N–H and O–H groups in total. The maximum atomic E-state index is 5.36. The summed E-state index contributed by atoms with van der Waals surface area (Å²) in [5.41, 5.74) is 3.39. The van der Waals surface area contributed by atoms with Crippen LogP contribution in [0.15, 0.2) is 0 Å². The predicted octanol–water partition coefficient (Wildman–Crippen LogP) is 1.43. The number of nitrogens with one attached hydrogen (secondary N) is 1. The summed E-state index contributed by atoms with van der Waals surface area (Å²) in [6.07, 6.45) is 1.14. The third kappa shape index (κ3) is 3.64. The van der Waals surface area contributed by atoms with E-state index >= 15 is 0 Å². The predicted molar refractivity (Wildman–Crippen MR) is 76.5 cm³/mol. The number of hydrogen-bond donors (Lipinski definition) is 1. The quantitative estimate of drug-likeness (QED) is 0.815. The van der Waals surface area contributed by atoms with Gasteiger partial charge < -0.3 is 15.0 Å². The van der Waals surface area contributed by atoms with Crippen molar-refractivity contribution in [1.82, 2.24) is 15.3 Å². The van der Waals surface area contributed by atoms with E-state index < -0.39 is 0 Å². The second-order valence-corrected chi connectivity index (χ2v) is 4.95. The van der Waals surface area contributed by atoms with Gasteiger partial charge in [0.15, 0.2) is 0 Å². The standard InChI is InChI=1S/C14H24N4O/c1-4-5-15-10-13-11(2)16-14(17-12(13)3)18-6-8-19-9-7-18/h15H,4-10H2,1-3H3. The highest BCUT2D eigenvalue weighted by Gasteiger charge is 2.16. The van der Waals surface area contributed by atoms with Crippen molar-refractivity contribution in [3.8, 4) is 0 Å². The molecular weight excluding hydrogens is 240 g/mol. The van der Waals surface area contributed by atoms with E-state index in [0.29, 0.717) is 0 Å². The normalized spacial score (nSPS) is 15.8. The Labute approximate surface area is 115 Å². The van der Waals surface area contributed by atoms with Gasteiger partial charge in [-0.2, -0.15) is 0 Å². The van der Waals surface area contributed by atoms with Gasteiger partial charge >= 0.3 is 0 Å². The summed E-state index contributed by atoms with van der Waals surface area (Å²) >= 11 is 0. The maximum Gasteiger partial charge on any atom is 0.225 e. The molecule has 5 nitrogen and oxygen atoms in total. The van der Waals surface area contributed by atoms with E-state index in [0.717, 1.165) is 63.1 Å². The molecule has 1 fully saturated rings. The van der Waals surface area contributed by atoms with Crippen molar-refractivity contribution in [2.45, 2.75) is 33.7 Å². The zero-order chi connectivity index (χ0) is 13.7. The number of aromatic nitrogens is 2. The molecule has 106 valence electrons.